The Labute approximate surface area is 120 Å². The highest BCUT2D eigenvalue weighted by molar-refractivity contribution is 7.16. The Kier molecular flexibility index (Phi) is 6.64. The Bertz CT molecular complexity index is 349. The average molecular weight is 289 g/mol. The maximum Gasteiger partial charge on any atom is 0.0931 e. The Balaban J connectivity index is 2.56. The van der Waals surface area contributed by atoms with Gasteiger partial charge in [0.1, 0.15) is 0 Å². The molecule has 1 aromatic heterocycles. The highest BCUT2D eigenvalue weighted by atomic mass is 35.5. The van der Waals surface area contributed by atoms with Crippen molar-refractivity contribution >= 4 is 22.9 Å². The molecule has 0 saturated carbocycles. The molecule has 0 spiro atoms. The molecule has 1 N–H and O–H groups in total. The van der Waals surface area contributed by atoms with Crippen LogP contribution >= 0.6 is 22.9 Å². The SMILES string of the molecule is CC(C)NCC(C(C)C)N(C)Cc1ccc(Cl)s1. The number of nitrogens with one attached hydrogen (secondary N) is 1. The van der Waals surface area contributed by atoms with E-state index in [-0.39, 0.29) is 0 Å². The summed E-state index contributed by atoms with van der Waals surface area (Å²) in [4.78, 5) is 3.75. The van der Waals surface area contributed by atoms with Crippen LogP contribution in [0.4, 0.5) is 0 Å². The summed E-state index contributed by atoms with van der Waals surface area (Å²) >= 11 is 7.65. The number of hydrogen-bond acceptors (Lipinski definition) is 3. The third-order valence-corrected chi connectivity index (χ3v) is 4.32. The largest absolute Gasteiger partial charge is 0.313 e. The molecule has 1 atom stereocenters. The first-order valence-corrected chi connectivity index (χ1v) is 7.77. The lowest BCUT2D eigenvalue weighted by atomic mass is 10.0. The number of likely N-dealkylation sites (N-methyl/N-ethyl adjacent to an activating group) is 1. The normalized spacial score (nSPS) is 13.8. The summed E-state index contributed by atoms with van der Waals surface area (Å²) in [5, 5.41) is 3.53. The van der Waals surface area contributed by atoms with Gasteiger partial charge in [0.05, 0.1) is 4.34 Å². The third kappa shape index (κ3) is 5.27. The fraction of sp³-hybridized carbons (Fsp3) is 0.714. The van der Waals surface area contributed by atoms with Crippen molar-refractivity contribution in [3.63, 3.8) is 0 Å². The van der Waals surface area contributed by atoms with Crippen LogP contribution in [0.3, 0.4) is 0 Å². The smallest absolute Gasteiger partial charge is 0.0931 e. The van der Waals surface area contributed by atoms with E-state index in [0.717, 1.165) is 17.4 Å². The predicted molar refractivity (Wildman–Crippen MR) is 82.6 cm³/mol. The van der Waals surface area contributed by atoms with Gasteiger partial charge in [-0.1, -0.05) is 39.3 Å². The molecule has 1 rings (SSSR count). The van der Waals surface area contributed by atoms with Crippen LogP contribution in [0.5, 0.6) is 0 Å². The Morgan fingerprint density at radius 2 is 1.94 bits per heavy atom. The molecule has 1 aromatic rings. The second-order valence-corrected chi connectivity index (χ2v) is 7.29. The molecular weight excluding hydrogens is 264 g/mol. The standard InChI is InChI=1S/C14H25ClN2S/c1-10(2)13(8-16-11(3)4)17(5)9-12-6-7-14(15)18-12/h6-7,10-11,13,16H,8-9H2,1-5H3. The minimum Gasteiger partial charge on any atom is -0.313 e. The van der Waals surface area contributed by atoms with Gasteiger partial charge in [-0.05, 0) is 25.1 Å². The Morgan fingerprint density at radius 1 is 1.28 bits per heavy atom. The zero-order valence-electron chi connectivity index (χ0n) is 12.0. The maximum absolute atomic E-state index is 5.98. The van der Waals surface area contributed by atoms with Gasteiger partial charge in [-0.2, -0.15) is 0 Å². The van der Waals surface area contributed by atoms with Gasteiger partial charge in [-0.15, -0.1) is 11.3 Å². The summed E-state index contributed by atoms with van der Waals surface area (Å²) in [6.07, 6.45) is 0. The molecule has 1 unspecified atom stereocenters. The first kappa shape index (κ1) is 16.0. The molecular formula is C14H25ClN2S. The lowest BCUT2D eigenvalue weighted by Crippen LogP contribution is -2.44. The van der Waals surface area contributed by atoms with Crippen LogP contribution in [-0.2, 0) is 6.54 Å². The van der Waals surface area contributed by atoms with Gasteiger partial charge in [0.15, 0.2) is 0 Å². The van der Waals surface area contributed by atoms with Crippen molar-refractivity contribution in [2.75, 3.05) is 13.6 Å². The van der Waals surface area contributed by atoms with E-state index in [1.807, 2.05) is 6.07 Å². The van der Waals surface area contributed by atoms with Crippen molar-refractivity contribution in [3.8, 4) is 0 Å². The molecule has 18 heavy (non-hydrogen) atoms. The lowest BCUT2D eigenvalue weighted by Gasteiger charge is -2.32. The molecule has 0 aliphatic heterocycles. The molecule has 0 saturated heterocycles. The minimum absolute atomic E-state index is 0.538. The molecule has 4 heteroatoms. The van der Waals surface area contributed by atoms with Crippen molar-refractivity contribution in [2.45, 2.75) is 46.3 Å². The maximum atomic E-state index is 5.98. The van der Waals surface area contributed by atoms with Gasteiger partial charge in [0.25, 0.3) is 0 Å². The van der Waals surface area contributed by atoms with Crippen LogP contribution < -0.4 is 5.32 Å². The fourth-order valence-electron chi connectivity index (χ4n) is 2.06. The Hall–Kier alpha value is -0.0900. The summed E-state index contributed by atoms with van der Waals surface area (Å²) in [6.45, 7) is 11.0. The van der Waals surface area contributed by atoms with Crippen LogP contribution in [0.1, 0.15) is 32.6 Å². The van der Waals surface area contributed by atoms with E-state index in [9.17, 15) is 0 Å². The predicted octanol–water partition coefficient (Wildman–Crippen LogP) is 3.86. The van der Waals surface area contributed by atoms with Crippen LogP contribution in [0.15, 0.2) is 12.1 Å². The zero-order valence-corrected chi connectivity index (χ0v) is 13.6. The zero-order chi connectivity index (χ0) is 13.7. The quantitative estimate of drug-likeness (QED) is 0.820. The highest BCUT2D eigenvalue weighted by Crippen LogP contribution is 2.23. The average Bonchev–Trinajstić information content (AvgIpc) is 2.63. The van der Waals surface area contributed by atoms with E-state index < -0.39 is 0 Å². The molecule has 0 bridgehead atoms. The molecule has 0 radical (unpaired) electrons. The van der Waals surface area contributed by atoms with E-state index in [4.69, 9.17) is 11.6 Å². The molecule has 0 aromatic carbocycles. The van der Waals surface area contributed by atoms with Gasteiger partial charge in [0, 0.05) is 30.1 Å². The van der Waals surface area contributed by atoms with Crippen LogP contribution in [0.25, 0.3) is 0 Å². The molecule has 0 amide bonds. The molecule has 2 nitrogen and oxygen atoms in total. The van der Waals surface area contributed by atoms with Crippen molar-refractivity contribution in [1.82, 2.24) is 10.2 Å². The van der Waals surface area contributed by atoms with Crippen molar-refractivity contribution in [1.29, 1.82) is 0 Å². The molecule has 1 heterocycles. The van der Waals surface area contributed by atoms with E-state index in [1.165, 1.54) is 4.88 Å². The number of nitrogens with zero attached hydrogens (tertiary/aromatic N) is 1. The summed E-state index contributed by atoms with van der Waals surface area (Å²) in [6, 6.07) is 5.19. The van der Waals surface area contributed by atoms with Gasteiger partial charge in [-0.25, -0.2) is 0 Å². The van der Waals surface area contributed by atoms with E-state index in [1.54, 1.807) is 11.3 Å². The van der Waals surface area contributed by atoms with Gasteiger partial charge in [-0.3, -0.25) is 4.90 Å². The lowest BCUT2D eigenvalue weighted by molar-refractivity contribution is 0.178. The van der Waals surface area contributed by atoms with Crippen LogP contribution in [-0.4, -0.2) is 30.6 Å². The number of hydrogen-bond donors (Lipinski definition) is 1. The molecule has 0 aliphatic carbocycles. The molecule has 104 valence electrons. The van der Waals surface area contributed by atoms with E-state index in [0.29, 0.717) is 18.0 Å². The van der Waals surface area contributed by atoms with Crippen molar-refractivity contribution in [2.24, 2.45) is 5.92 Å². The summed E-state index contributed by atoms with van der Waals surface area (Å²) < 4.78 is 0.875. The van der Waals surface area contributed by atoms with E-state index >= 15 is 0 Å². The van der Waals surface area contributed by atoms with Gasteiger partial charge < -0.3 is 5.32 Å². The van der Waals surface area contributed by atoms with Crippen molar-refractivity contribution in [3.05, 3.63) is 21.3 Å². The van der Waals surface area contributed by atoms with Crippen LogP contribution in [0.2, 0.25) is 4.34 Å². The highest BCUT2D eigenvalue weighted by Gasteiger charge is 2.19. The second-order valence-electron chi connectivity index (χ2n) is 5.50. The second kappa shape index (κ2) is 7.49. The summed E-state index contributed by atoms with van der Waals surface area (Å²) in [7, 11) is 2.19. The monoisotopic (exact) mass is 288 g/mol. The molecule has 0 fully saturated rings. The van der Waals surface area contributed by atoms with Crippen molar-refractivity contribution < 1.29 is 0 Å². The van der Waals surface area contributed by atoms with Gasteiger partial charge in [0.2, 0.25) is 0 Å². The number of thiophene rings is 1. The van der Waals surface area contributed by atoms with E-state index in [2.05, 4.69) is 51.0 Å². The van der Waals surface area contributed by atoms with Gasteiger partial charge >= 0.3 is 0 Å². The third-order valence-electron chi connectivity index (χ3n) is 3.11. The molecule has 0 aliphatic rings. The van der Waals surface area contributed by atoms with Crippen LogP contribution in [0, 0.1) is 5.92 Å². The Morgan fingerprint density at radius 3 is 2.39 bits per heavy atom. The fourth-order valence-corrected chi connectivity index (χ4v) is 3.21. The topological polar surface area (TPSA) is 15.3 Å². The minimum atomic E-state index is 0.538. The number of rotatable bonds is 7. The summed E-state index contributed by atoms with van der Waals surface area (Å²) in [5.74, 6) is 0.636. The first-order valence-electron chi connectivity index (χ1n) is 6.58. The first-order chi connectivity index (χ1) is 8.40. The summed E-state index contributed by atoms with van der Waals surface area (Å²) in [5.41, 5.74) is 0. The number of halogens is 1.